The Bertz CT molecular complexity index is 823. The van der Waals surface area contributed by atoms with Crippen LogP contribution in [0.25, 0.3) is 16.7 Å². The molecule has 0 atom stereocenters. The summed E-state index contributed by atoms with van der Waals surface area (Å²) in [5.74, 6) is 0.965. The molecule has 0 bridgehead atoms. The number of aromatic nitrogens is 4. The van der Waals surface area contributed by atoms with E-state index in [1.807, 2.05) is 41.2 Å². The number of hydrogen-bond donors (Lipinski definition) is 1. The van der Waals surface area contributed by atoms with E-state index < -0.39 is 0 Å². The first-order valence-corrected chi connectivity index (χ1v) is 7.88. The summed E-state index contributed by atoms with van der Waals surface area (Å²) in [6, 6.07) is 10.1. The van der Waals surface area contributed by atoms with Gasteiger partial charge in [-0.15, -0.1) is 0 Å². The zero-order valence-electron chi connectivity index (χ0n) is 13.4. The Morgan fingerprint density at radius 1 is 1.13 bits per heavy atom. The van der Waals surface area contributed by atoms with Crippen molar-refractivity contribution in [3.8, 4) is 5.69 Å². The first kappa shape index (κ1) is 14.1. The highest BCUT2D eigenvalue weighted by molar-refractivity contribution is 5.87. The van der Waals surface area contributed by atoms with Crippen LogP contribution in [0.3, 0.4) is 0 Å². The van der Waals surface area contributed by atoms with Gasteiger partial charge in [-0.1, -0.05) is 18.2 Å². The minimum atomic E-state index is 0.0744. The van der Waals surface area contributed by atoms with Crippen molar-refractivity contribution in [2.75, 3.05) is 24.5 Å². The van der Waals surface area contributed by atoms with Crippen molar-refractivity contribution in [1.82, 2.24) is 25.1 Å². The van der Waals surface area contributed by atoms with E-state index in [0.717, 1.165) is 42.2 Å². The number of benzene rings is 1. The second-order valence-corrected chi connectivity index (χ2v) is 6.56. The van der Waals surface area contributed by atoms with Gasteiger partial charge < -0.3 is 10.2 Å². The molecule has 1 N–H and O–H groups in total. The lowest BCUT2D eigenvalue weighted by atomic mass is 10.0. The van der Waals surface area contributed by atoms with E-state index >= 15 is 0 Å². The molecule has 0 saturated carbocycles. The van der Waals surface area contributed by atoms with Gasteiger partial charge in [0.15, 0.2) is 5.65 Å². The van der Waals surface area contributed by atoms with Gasteiger partial charge in [0.1, 0.15) is 12.1 Å². The van der Waals surface area contributed by atoms with Crippen LogP contribution >= 0.6 is 0 Å². The van der Waals surface area contributed by atoms with Crippen LogP contribution in [0.15, 0.2) is 42.9 Å². The van der Waals surface area contributed by atoms with E-state index in [-0.39, 0.29) is 5.54 Å². The van der Waals surface area contributed by atoms with Crippen LogP contribution in [0.4, 0.5) is 5.82 Å². The van der Waals surface area contributed by atoms with Crippen molar-refractivity contribution in [3.63, 3.8) is 0 Å². The maximum Gasteiger partial charge on any atom is 0.168 e. The molecule has 1 aromatic carbocycles. The van der Waals surface area contributed by atoms with Crippen molar-refractivity contribution in [2.45, 2.75) is 19.4 Å². The second kappa shape index (κ2) is 5.31. The van der Waals surface area contributed by atoms with E-state index in [4.69, 9.17) is 0 Å². The molecule has 1 saturated heterocycles. The van der Waals surface area contributed by atoms with Crippen molar-refractivity contribution >= 4 is 16.9 Å². The smallest absolute Gasteiger partial charge is 0.168 e. The number of piperazine rings is 1. The maximum atomic E-state index is 4.54. The fourth-order valence-electron chi connectivity index (χ4n) is 3.16. The van der Waals surface area contributed by atoms with Crippen molar-refractivity contribution in [1.29, 1.82) is 0 Å². The molecule has 0 amide bonds. The highest BCUT2D eigenvalue weighted by Gasteiger charge is 2.28. The number of fused-ring (bicyclic) bond motifs is 1. The topological polar surface area (TPSA) is 58.9 Å². The molecule has 1 aliphatic rings. The van der Waals surface area contributed by atoms with Crippen molar-refractivity contribution in [3.05, 3.63) is 42.9 Å². The van der Waals surface area contributed by atoms with E-state index in [1.165, 1.54) is 0 Å². The molecule has 3 aromatic rings. The highest BCUT2D eigenvalue weighted by Crippen LogP contribution is 2.26. The fraction of sp³-hybridized carbons (Fsp3) is 0.353. The van der Waals surface area contributed by atoms with Gasteiger partial charge >= 0.3 is 0 Å². The third-order valence-corrected chi connectivity index (χ3v) is 4.22. The third kappa shape index (κ3) is 2.55. The molecule has 118 valence electrons. The number of anilines is 1. The number of hydrogen-bond acceptors (Lipinski definition) is 5. The normalized spacial score (nSPS) is 17.6. The van der Waals surface area contributed by atoms with Crippen LogP contribution in [0, 0.1) is 0 Å². The van der Waals surface area contributed by atoms with Crippen molar-refractivity contribution in [2.24, 2.45) is 0 Å². The quantitative estimate of drug-likeness (QED) is 0.785. The van der Waals surface area contributed by atoms with Crippen molar-refractivity contribution < 1.29 is 0 Å². The van der Waals surface area contributed by atoms with Crippen LogP contribution in [0.5, 0.6) is 0 Å². The zero-order chi connectivity index (χ0) is 15.9. The second-order valence-electron chi connectivity index (χ2n) is 6.56. The van der Waals surface area contributed by atoms with E-state index in [1.54, 1.807) is 6.33 Å². The van der Waals surface area contributed by atoms with Crippen LogP contribution < -0.4 is 10.2 Å². The van der Waals surface area contributed by atoms with Crippen LogP contribution in [0.2, 0.25) is 0 Å². The average Bonchev–Trinajstić information content (AvgIpc) is 2.98. The summed E-state index contributed by atoms with van der Waals surface area (Å²) in [7, 11) is 0. The summed E-state index contributed by atoms with van der Waals surface area (Å²) in [4.78, 5) is 11.3. The van der Waals surface area contributed by atoms with Gasteiger partial charge in [-0.05, 0) is 26.0 Å². The minimum Gasteiger partial charge on any atom is -0.353 e. The lowest BCUT2D eigenvalue weighted by Gasteiger charge is -2.39. The minimum absolute atomic E-state index is 0.0744. The summed E-state index contributed by atoms with van der Waals surface area (Å²) >= 11 is 0. The molecule has 0 spiro atoms. The molecule has 2 aromatic heterocycles. The molecule has 1 fully saturated rings. The van der Waals surface area contributed by atoms with Gasteiger partial charge in [-0.2, -0.15) is 5.10 Å². The molecule has 6 heteroatoms. The number of para-hydroxylation sites is 1. The average molecular weight is 308 g/mol. The lowest BCUT2D eigenvalue weighted by molar-refractivity contribution is 0.352. The molecule has 4 rings (SSSR count). The Hall–Kier alpha value is -2.47. The first-order chi connectivity index (χ1) is 11.1. The summed E-state index contributed by atoms with van der Waals surface area (Å²) in [6.45, 7) is 7.23. The third-order valence-electron chi connectivity index (χ3n) is 4.22. The van der Waals surface area contributed by atoms with Gasteiger partial charge in [0.05, 0.1) is 17.3 Å². The lowest BCUT2D eigenvalue weighted by Crippen LogP contribution is -2.57. The molecule has 0 radical (unpaired) electrons. The van der Waals surface area contributed by atoms with Crippen LogP contribution in [-0.4, -0.2) is 44.9 Å². The Morgan fingerprint density at radius 3 is 2.74 bits per heavy atom. The Labute approximate surface area is 135 Å². The predicted molar refractivity (Wildman–Crippen MR) is 91.0 cm³/mol. The van der Waals surface area contributed by atoms with E-state index in [2.05, 4.69) is 39.1 Å². The van der Waals surface area contributed by atoms with E-state index in [9.17, 15) is 0 Å². The molecule has 1 aliphatic heterocycles. The molecule has 0 unspecified atom stereocenters. The Balaban J connectivity index is 1.79. The summed E-state index contributed by atoms with van der Waals surface area (Å²) in [5.41, 5.74) is 1.93. The Kier molecular flexibility index (Phi) is 3.27. The molecule has 0 aliphatic carbocycles. The van der Waals surface area contributed by atoms with E-state index in [0.29, 0.717) is 0 Å². The highest BCUT2D eigenvalue weighted by atomic mass is 15.3. The van der Waals surface area contributed by atoms with Gasteiger partial charge in [0.2, 0.25) is 0 Å². The fourth-order valence-corrected chi connectivity index (χ4v) is 3.16. The van der Waals surface area contributed by atoms with Gasteiger partial charge in [0.25, 0.3) is 0 Å². The van der Waals surface area contributed by atoms with Crippen LogP contribution in [-0.2, 0) is 0 Å². The standard InChI is InChI=1S/C17H20N6/c1-17(2)11-22(9-8-20-17)15-14-10-21-23(16(14)19-12-18-15)13-6-4-3-5-7-13/h3-7,10,12,20H,8-9,11H2,1-2H3. The number of rotatable bonds is 2. The summed E-state index contributed by atoms with van der Waals surface area (Å²) < 4.78 is 1.87. The molecular weight excluding hydrogens is 288 g/mol. The van der Waals surface area contributed by atoms with Gasteiger partial charge in [0, 0.05) is 25.2 Å². The molecule has 3 heterocycles. The maximum absolute atomic E-state index is 4.54. The summed E-state index contributed by atoms with van der Waals surface area (Å²) in [5, 5.41) is 9.06. The summed E-state index contributed by atoms with van der Waals surface area (Å²) in [6.07, 6.45) is 3.50. The van der Waals surface area contributed by atoms with Crippen LogP contribution in [0.1, 0.15) is 13.8 Å². The first-order valence-electron chi connectivity index (χ1n) is 7.88. The number of nitrogens with one attached hydrogen (secondary N) is 1. The molecule has 23 heavy (non-hydrogen) atoms. The van der Waals surface area contributed by atoms with Gasteiger partial charge in [-0.25, -0.2) is 14.6 Å². The molecular formula is C17H20N6. The number of nitrogens with zero attached hydrogens (tertiary/aromatic N) is 5. The largest absolute Gasteiger partial charge is 0.353 e. The zero-order valence-corrected chi connectivity index (χ0v) is 13.4. The Morgan fingerprint density at radius 2 is 1.96 bits per heavy atom. The monoisotopic (exact) mass is 308 g/mol. The predicted octanol–water partition coefficient (Wildman–Crippen LogP) is 2.00. The SMILES string of the molecule is CC1(C)CN(c2ncnc3c2cnn3-c2ccccc2)CCN1. The van der Waals surface area contributed by atoms with Gasteiger partial charge in [-0.3, -0.25) is 0 Å². The molecule has 6 nitrogen and oxygen atoms in total.